The molecule has 1 aliphatic heterocycles. The molecule has 0 spiro atoms. The summed E-state index contributed by atoms with van der Waals surface area (Å²) in [5.74, 6) is 1.83. The maximum atomic E-state index is 8.94. The molecule has 5 aromatic rings. The number of nitrogen functional groups attached to an aromatic ring is 2. The number of H-pyrrole nitrogens is 1. The highest BCUT2D eigenvalue weighted by Gasteiger charge is 2.22. The van der Waals surface area contributed by atoms with Crippen molar-refractivity contribution in [2.75, 3.05) is 54.9 Å². The van der Waals surface area contributed by atoms with Crippen LogP contribution in [0.5, 0.6) is 0 Å². The predicted molar refractivity (Wildman–Crippen MR) is 149 cm³/mol. The lowest BCUT2D eigenvalue weighted by atomic mass is 10.0. The summed E-state index contributed by atoms with van der Waals surface area (Å²) in [5, 5.41) is 12.3. The minimum Gasteiger partial charge on any atom is -0.383 e. The summed E-state index contributed by atoms with van der Waals surface area (Å²) >= 11 is 0. The molecule has 0 amide bonds. The summed E-state index contributed by atoms with van der Waals surface area (Å²) in [5.41, 5.74) is 17.2. The number of piperazine rings is 1. The number of hydrogen-bond acceptors (Lipinski definition) is 11. The average Bonchev–Trinajstić information content (AvgIpc) is 3.31. The highest BCUT2D eigenvalue weighted by molar-refractivity contribution is 6.17. The Balaban J connectivity index is 1.33. The van der Waals surface area contributed by atoms with E-state index in [9.17, 15) is 0 Å². The maximum absolute atomic E-state index is 8.94. The van der Waals surface area contributed by atoms with Gasteiger partial charge < -0.3 is 31.6 Å². The smallest absolute Gasteiger partial charge is 0.198 e. The highest BCUT2D eigenvalue weighted by Crippen LogP contribution is 2.26. The fourth-order valence-electron chi connectivity index (χ4n) is 4.69. The van der Waals surface area contributed by atoms with E-state index in [-0.39, 0.29) is 11.5 Å². The third kappa shape index (κ3) is 4.41. The Kier molecular flexibility index (Phi) is 5.92. The molecule has 1 aliphatic rings. The van der Waals surface area contributed by atoms with Gasteiger partial charge in [0.2, 0.25) is 0 Å². The molecule has 3 aromatic heterocycles. The number of nitrogens with zero attached hydrogens (tertiary/aromatic N) is 7. The van der Waals surface area contributed by atoms with Crippen LogP contribution in [0.4, 0.5) is 23.4 Å². The number of nitrogens with two attached hydrogens (primary N) is 2. The second kappa shape index (κ2) is 9.56. The van der Waals surface area contributed by atoms with Gasteiger partial charge in [-0.2, -0.15) is 0 Å². The van der Waals surface area contributed by atoms with Crippen LogP contribution in [0.3, 0.4) is 0 Å². The first-order valence-electron chi connectivity index (χ1n) is 12.3. The molecule has 38 heavy (non-hydrogen) atoms. The van der Waals surface area contributed by atoms with Crippen LogP contribution in [-0.4, -0.2) is 73.7 Å². The first-order chi connectivity index (χ1) is 18.5. The topological polar surface area (TPSA) is 175 Å². The monoisotopic (exact) mass is 508 g/mol. The molecule has 2 aromatic carbocycles. The fraction of sp³-hybridized carbons (Fsp3) is 0.231. The lowest BCUT2D eigenvalue weighted by molar-refractivity contribution is 0.312. The number of nitrogens with one attached hydrogen (secondary N) is 3. The Hall–Kier alpha value is -4.84. The number of anilines is 4. The quantitative estimate of drug-likeness (QED) is 0.214. The molecule has 6 rings (SSSR count). The third-order valence-corrected chi connectivity index (χ3v) is 6.76. The highest BCUT2D eigenvalue weighted by atomic mass is 15.3. The van der Waals surface area contributed by atoms with Gasteiger partial charge in [-0.3, -0.25) is 5.41 Å². The van der Waals surface area contributed by atoms with E-state index >= 15 is 0 Å². The van der Waals surface area contributed by atoms with Crippen molar-refractivity contribution in [3.8, 4) is 0 Å². The summed E-state index contributed by atoms with van der Waals surface area (Å²) in [4.78, 5) is 30.3. The normalized spacial score (nSPS) is 14.3. The van der Waals surface area contributed by atoms with Gasteiger partial charge in [-0.1, -0.05) is 18.2 Å². The van der Waals surface area contributed by atoms with E-state index in [1.54, 1.807) is 6.07 Å². The Bertz CT molecular complexity index is 1650. The lowest BCUT2D eigenvalue weighted by Gasteiger charge is -2.34. The molecule has 12 nitrogen and oxygen atoms in total. The molecule has 4 heterocycles. The van der Waals surface area contributed by atoms with Gasteiger partial charge >= 0.3 is 0 Å². The van der Waals surface area contributed by atoms with Crippen LogP contribution >= 0.6 is 0 Å². The molecule has 192 valence electrons. The van der Waals surface area contributed by atoms with Gasteiger partial charge in [0, 0.05) is 31.7 Å². The number of hydrogen-bond donors (Lipinski definition) is 5. The van der Waals surface area contributed by atoms with Crippen molar-refractivity contribution in [1.29, 1.82) is 5.41 Å². The Labute approximate surface area is 218 Å². The average molecular weight is 509 g/mol. The van der Waals surface area contributed by atoms with Gasteiger partial charge in [0.25, 0.3) is 0 Å². The molecule has 1 saturated heterocycles. The van der Waals surface area contributed by atoms with Crippen molar-refractivity contribution in [2.24, 2.45) is 0 Å². The molecular weight excluding hydrogens is 480 g/mol. The first kappa shape index (κ1) is 23.6. The number of likely N-dealkylation sites (N-methyl/N-ethyl adjacent to an activating group) is 1. The Morgan fingerprint density at radius 2 is 1.74 bits per heavy atom. The molecule has 0 aliphatic carbocycles. The van der Waals surface area contributed by atoms with Crippen LogP contribution in [0, 0.1) is 5.41 Å². The van der Waals surface area contributed by atoms with E-state index in [2.05, 4.69) is 42.1 Å². The zero-order valence-electron chi connectivity index (χ0n) is 20.9. The molecular formula is C26H28N12. The summed E-state index contributed by atoms with van der Waals surface area (Å²) in [6.45, 7) is 4.00. The molecule has 0 unspecified atom stereocenters. The second-order valence-electron chi connectivity index (χ2n) is 9.34. The number of aromatic amines is 1. The van der Waals surface area contributed by atoms with E-state index in [1.807, 2.05) is 36.4 Å². The van der Waals surface area contributed by atoms with Gasteiger partial charge in [0.05, 0.1) is 39.9 Å². The molecule has 0 saturated carbocycles. The summed E-state index contributed by atoms with van der Waals surface area (Å²) < 4.78 is 0. The Morgan fingerprint density at radius 1 is 0.974 bits per heavy atom. The number of rotatable bonds is 6. The number of aromatic nitrogens is 6. The third-order valence-electron chi connectivity index (χ3n) is 6.76. The molecule has 0 radical (unpaired) electrons. The van der Waals surface area contributed by atoms with Crippen LogP contribution in [0.2, 0.25) is 0 Å². The summed E-state index contributed by atoms with van der Waals surface area (Å²) in [6, 6.07) is 13.3. The Morgan fingerprint density at radius 3 is 2.53 bits per heavy atom. The van der Waals surface area contributed by atoms with Crippen LogP contribution < -0.4 is 21.7 Å². The van der Waals surface area contributed by atoms with Crippen LogP contribution in [-0.2, 0) is 6.54 Å². The first-order valence-corrected chi connectivity index (χ1v) is 12.3. The van der Waals surface area contributed by atoms with Gasteiger partial charge in [-0.25, -0.2) is 24.9 Å². The molecule has 1 fully saturated rings. The van der Waals surface area contributed by atoms with Crippen molar-refractivity contribution in [2.45, 2.75) is 6.54 Å². The summed E-state index contributed by atoms with van der Waals surface area (Å²) in [7, 11) is 2.13. The van der Waals surface area contributed by atoms with Crippen molar-refractivity contribution < 1.29 is 0 Å². The number of fused-ring (bicyclic) bond motifs is 2. The van der Waals surface area contributed by atoms with E-state index < -0.39 is 0 Å². The van der Waals surface area contributed by atoms with Crippen LogP contribution in [0.1, 0.15) is 16.8 Å². The van der Waals surface area contributed by atoms with Crippen molar-refractivity contribution in [1.82, 2.24) is 34.8 Å². The van der Waals surface area contributed by atoms with E-state index in [4.69, 9.17) is 26.8 Å². The van der Waals surface area contributed by atoms with Crippen LogP contribution in [0.25, 0.3) is 22.1 Å². The van der Waals surface area contributed by atoms with Gasteiger partial charge in [-0.15, -0.1) is 0 Å². The number of para-hydroxylation sites is 2. The minimum atomic E-state index is 0.185. The number of benzene rings is 2. The van der Waals surface area contributed by atoms with E-state index in [1.165, 1.54) is 6.33 Å². The largest absolute Gasteiger partial charge is 0.383 e. The lowest BCUT2D eigenvalue weighted by Crippen LogP contribution is -2.45. The fourth-order valence-corrected chi connectivity index (χ4v) is 4.69. The maximum Gasteiger partial charge on any atom is 0.198 e. The van der Waals surface area contributed by atoms with Gasteiger partial charge in [-0.05, 0) is 31.3 Å². The van der Waals surface area contributed by atoms with E-state index in [0.29, 0.717) is 29.4 Å². The summed E-state index contributed by atoms with van der Waals surface area (Å²) in [6.07, 6.45) is 1.39. The van der Waals surface area contributed by atoms with Gasteiger partial charge in [0.15, 0.2) is 11.8 Å². The standard InChI is InChI=1S/C26H28N12/c1-37-8-10-38(11-9-37)25-20(33-16-4-2-3-5-17(16)34-25)13-30-24-21(23(28)31-14-32-24)22(27)15-6-7-18-19(12-15)36-26(29)35-18/h2-7,12,14,27H,8-11,13H2,1H3,(H3,29,35,36)(H3,28,30,31,32). The molecule has 0 atom stereocenters. The SMILES string of the molecule is CN1CCN(c2nc3ccccc3nc2CNc2ncnc(N)c2C(=N)c2ccc3nc(N)[nH]c3c2)CC1. The molecule has 7 N–H and O–H groups in total. The zero-order valence-corrected chi connectivity index (χ0v) is 20.9. The van der Waals surface area contributed by atoms with Crippen molar-refractivity contribution in [3.05, 3.63) is 65.6 Å². The van der Waals surface area contributed by atoms with Crippen molar-refractivity contribution in [3.63, 3.8) is 0 Å². The predicted octanol–water partition coefficient (Wildman–Crippen LogP) is 2.24. The van der Waals surface area contributed by atoms with Crippen molar-refractivity contribution >= 4 is 51.2 Å². The molecule has 12 heteroatoms. The zero-order chi connectivity index (χ0) is 26.2. The van der Waals surface area contributed by atoms with E-state index in [0.717, 1.165) is 59.8 Å². The van der Waals surface area contributed by atoms with Gasteiger partial charge in [0.1, 0.15) is 23.7 Å². The number of imidazole rings is 1. The second-order valence-corrected chi connectivity index (χ2v) is 9.34. The molecule has 0 bridgehead atoms. The minimum absolute atomic E-state index is 0.185. The van der Waals surface area contributed by atoms with Crippen LogP contribution in [0.15, 0.2) is 48.8 Å².